The number of amides is 1. The number of halogens is 4. The molecule has 1 saturated heterocycles. The van der Waals surface area contributed by atoms with Gasteiger partial charge in [-0.2, -0.15) is 13.2 Å². The number of pyridine rings is 1. The topological polar surface area (TPSA) is 48.5 Å². The van der Waals surface area contributed by atoms with E-state index in [-0.39, 0.29) is 5.91 Å². The number of rotatable bonds is 5. The maximum atomic E-state index is 13.0. The molecular weight excluding hydrogens is 448 g/mol. The Labute approximate surface area is 195 Å². The van der Waals surface area contributed by atoms with Crippen molar-refractivity contribution in [3.63, 3.8) is 0 Å². The zero-order valence-corrected chi connectivity index (χ0v) is 18.4. The molecule has 9 heteroatoms. The number of nitrogens with one attached hydrogen (secondary N) is 1. The van der Waals surface area contributed by atoms with Crippen molar-refractivity contribution in [3.05, 3.63) is 89.4 Å². The molecule has 1 aromatic heterocycles. The minimum absolute atomic E-state index is 0.344. The highest BCUT2D eigenvalue weighted by atomic mass is 19.4. The van der Waals surface area contributed by atoms with E-state index in [4.69, 9.17) is 0 Å². The Morgan fingerprint density at radius 1 is 0.912 bits per heavy atom. The third-order valence-electron chi connectivity index (χ3n) is 5.71. The van der Waals surface area contributed by atoms with Gasteiger partial charge in [0.05, 0.1) is 17.4 Å². The van der Waals surface area contributed by atoms with Crippen LogP contribution in [0.4, 0.5) is 29.1 Å². The van der Waals surface area contributed by atoms with Crippen molar-refractivity contribution in [3.8, 4) is 0 Å². The highest BCUT2D eigenvalue weighted by Gasteiger charge is 2.30. The lowest BCUT2D eigenvalue weighted by molar-refractivity contribution is -0.137. The molecule has 0 atom stereocenters. The van der Waals surface area contributed by atoms with Crippen LogP contribution in [0.5, 0.6) is 0 Å². The number of carbonyl (C=O) groups excluding carboxylic acids is 1. The lowest BCUT2D eigenvalue weighted by Crippen LogP contribution is -2.31. The molecular formula is C25H24F4N4O. The molecule has 1 aliphatic heterocycles. The summed E-state index contributed by atoms with van der Waals surface area (Å²) in [6.45, 7) is 3.72. The number of nitrogens with zero attached hydrogens (tertiary/aromatic N) is 3. The first-order valence-electron chi connectivity index (χ1n) is 10.9. The number of hydrogen-bond donors (Lipinski definition) is 1. The summed E-state index contributed by atoms with van der Waals surface area (Å²) < 4.78 is 51.3. The monoisotopic (exact) mass is 472 g/mol. The second kappa shape index (κ2) is 10.2. The molecule has 3 aromatic rings. The number of carbonyl (C=O) groups is 1. The van der Waals surface area contributed by atoms with E-state index >= 15 is 0 Å². The molecule has 4 rings (SSSR count). The standard InChI is InChI=1S/C25H24F4N4O/c26-21-8-4-19(5-9-21)24(34)31-22-10-11-23(30-16-22)33-13-1-12-32(14-15-33)17-18-2-6-20(7-3-18)25(27,28)29/h2-11,16H,1,12-15,17H2,(H,31,34). The molecule has 0 aliphatic carbocycles. The lowest BCUT2D eigenvalue weighted by atomic mass is 10.1. The van der Waals surface area contributed by atoms with Gasteiger partial charge in [0.25, 0.3) is 5.91 Å². The smallest absolute Gasteiger partial charge is 0.355 e. The van der Waals surface area contributed by atoms with E-state index in [9.17, 15) is 22.4 Å². The van der Waals surface area contributed by atoms with Gasteiger partial charge in [-0.25, -0.2) is 9.37 Å². The Kier molecular flexibility index (Phi) is 7.12. The van der Waals surface area contributed by atoms with Crippen LogP contribution >= 0.6 is 0 Å². The van der Waals surface area contributed by atoms with Gasteiger partial charge < -0.3 is 10.2 Å². The van der Waals surface area contributed by atoms with Crippen molar-refractivity contribution in [2.45, 2.75) is 19.1 Å². The Hall–Kier alpha value is -3.46. The fraction of sp³-hybridized carbons (Fsp3) is 0.280. The Morgan fingerprint density at radius 3 is 2.29 bits per heavy atom. The molecule has 34 heavy (non-hydrogen) atoms. The van der Waals surface area contributed by atoms with Crippen LogP contribution in [0.15, 0.2) is 66.9 Å². The summed E-state index contributed by atoms with van der Waals surface area (Å²) in [4.78, 5) is 21.1. The minimum Gasteiger partial charge on any atom is -0.355 e. The average Bonchev–Trinajstić information content (AvgIpc) is 3.05. The molecule has 1 aliphatic rings. The van der Waals surface area contributed by atoms with Crippen LogP contribution in [0.3, 0.4) is 0 Å². The molecule has 0 radical (unpaired) electrons. The average molecular weight is 472 g/mol. The molecule has 0 unspecified atom stereocenters. The lowest BCUT2D eigenvalue weighted by Gasteiger charge is -2.23. The van der Waals surface area contributed by atoms with Crippen molar-refractivity contribution in [1.82, 2.24) is 9.88 Å². The van der Waals surface area contributed by atoms with Crippen LogP contribution in [-0.2, 0) is 12.7 Å². The van der Waals surface area contributed by atoms with Crippen molar-refractivity contribution in [1.29, 1.82) is 0 Å². The second-order valence-electron chi connectivity index (χ2n) is 8.18. The highest BCUT2D eigenvalue weighted by molar-refractivity contribution is 6.04. The molecule has 0 spiro atoms. The quantitative estimate of drug-likeness (QED) is 0.519. The molecule has 1 N–H and O–H groups in total. The van der Waals surface area contributed by atoms with Crippen molar-refractivity contribution in [2.75, 3.05) is 36.4 Å². The molecule has 1 fully saturated rings. The van der Waals surface area contributed by atoms with E-state index in [1.165, 1.54) is 36.4 Å². The zero-order chi connectivity index (χ0) is 24.1. The van der Waals surface area contributed by atoms with E-state index < -0.39 is 17.6 Å². The normalized spacial score (nSPS) is 15.1. The zero-order valence-electron chi connectivity index (χ0n) is 18.4. The van der Waals surface area contributed by atoms with Gasteiger partial charge in [-0.05, 0) is 60.5 Å². The SMILES string of the molecule is O=C(Nc1ccc(N2CCCN(Cc3ccc(C(F)(F)F)cc3)CC2)nc1)c1ccc(F)cc1. The van der Waals surface area contributed by atoms with Crippen LogP contribution in [0.25, 0.3) is 0 Å². The molecule has 0 bridgehead atoms. The largest absolute Gasteiger partial charge is 0.416 e. The van der Waals surface area contributed by atoms with Crippen LogP contribution in [0.1, 0.15) is 27.9 Å². The summed E-state index contributed by atoms with van der Waals surface area (Å²) in [5.74, 6) is 0.0392. The second-order valence-corrected chi connectivity index (χ2v) is 8.18. The fourth-order valence-electron chi connectivity index (χ4n) is 3.87. The van der Waals surface area contributed by atoms with Gasteiger partial charge in [0, 0.05) is 38.3 Å². The highest BCUT2D eigenvalue weighted by Crippen LogP contribution is 2.29. The number of benzene rings is 2. The summed E-state index contributed by atoms with van der Waals surface area (Å²) in [5.41, 5.74) is 1.10. The van der Waals surface area contributed by atoms with Crippen LogP contribution in [0, 0.1) is 5.82 Å². The van der Waals surface area contributed by atoms with E-state index in [1.807, 2.05) is 6.07 Å². The summed E-state index contributed by atoms with van der Waals surface area (Å²) in [5, 5.41) is 2.75. The van der Waals surface area contributed by atoms with Crippen molar-refractivity contribution < 1.29 is 22.4 Å². The number of aromatic nitrogens is 1. The van der Waals surface area contributed by atoms with Crippen LogP contribution < -0.4 is 10.2 Å². The van der Waals surface area contributed by atoms with E-state index in [2.05, 4.69) is 20.1 Å². The van der Waals surface area contributed by atoms with Gasteiger partial charge in [0.2, 0.25) is 0 Å². The van der Waals surface area contributed by atoms with Crippen molar-refractivity contribution in [2.24, 2.45) is 0 Å². The third-order valence-corrected chi connectivity index (χ3v) is 5.71. The maximum absolute atomic E-state index is 13.0. The first-order valence-corrected chi connectivity index (χ1v) is 10.9. The van der Waals surface area contributed by atoms with E-state index in [0.29, 0.717) is 17.8 Å². The summed E-state index contributed by atoms with van der Waals surface area (Å²) in [6, 6.07) is 14.2. The molecule has 5 nitrogen and oxygen atoms in total. The van der Waals surface area contributed by atoms with Crippen LogP contribution in [-0.4, -0.2) is 42.0 Å². The molecule has 1 amide bonds. The van der Waals surface area contributed by atoms with E-state index in [0.717, 1.165) is 56.1 Å². The third kappa shape index (κ3) is 6.11. The van der Waals surface area contributed by atoms with Gasteiger partial charge >= 0.3 is 6.18 Å². The van der Waals surface area contributed by atoms with Gasteiger partial charge in [-0.1, -0.05) is 12.1 Å². The van der Waals surface area contributed by atoms with Crippen molar-refractivity contribution >= 4 is 17.4 Å². The number of anilines is 2. The first kappa shape index (κ1) is 23.7. The molecule has 178 valence electrons. The Bertz CT molecular complexity index is 1100. The summed E-state index contributed by atoms with van der Waals surface area (Å²) in [6.07, 6.45) is -1.85. The predicted octanol–water partition coefficient (Wildman–Crippen LogP) is 5.20. The van der Waals surface area contributed by atoms with Gasteiger partial charge in [-0.3, -0.25) is 9.69 Å². The summed E-state index contributed by atoms with van der Waals surface area (Å²) in [7, 11) is 0. The van der Waals surface area contributed by atoms with Gasteiger partial charge in [0.1, 0.15) is 11.6 Å². The van der Waals surface area contributed by atoms with Crippen LogP contribution in [0.2, 0.25) is 0 Å². The summed E-state index contributed by atoms with van der Waals surface area (Å²) >= 11 is 0. The van der Waals surface area contributed by atoms with E-state index in [1.54, 1.807) is 12.3 Å². The molecule has 0 saturated carbocycles. The molecule has 2 heterocycles. The fourth-order valence-corrected chi connectivity index (χ4v) is 3.87. The first-order chi connectivity index (χ1) is 16.3. The van der Waals surface area contributed by atoms with Gasteiger partial charge in [-0.15, -0.1) is 0 Å². The molecule has 2 aromatic carbocycles. The number of hydrogen-bond acceptors (Lipinski definition) is 4. The Morgan fingerprint density at radius 2 is 1.65 bits per heavy atom. The number of alkyl halides is 3. The minimum atomic E-state index is -4.33. The maximum Gasteiger partial charge on any atom is 0.416 e. The van der Waals surface area contributed by atoms with Gasteiger partial charge in [0.15, 0.2) is 0 Å². The predicted molar refractivity (Wildman–Crippen MR) is 122 cm³/mol. The Balaban J connectivity index is 1.31.